The molecule has 3 aromatic rings. The molecule has 1 aromatic carbocycles. The zero-order valence-electron chi connectivity index (χ0n) is 29.0. The predicted octanol–water partition coefficient (Wildman–Crippen LogP) is 6.40. The summed E-state index contributed by atoms with van der Waals surface area (Å²) >= 11 is 3.73. The molecule has 0 fully saturated rings. The van der Waals surface area contributed by atoms with Crippen molar-refractivity contribution in [2.45, 2.75) is 109 Å². The fourth-order valence-corrected chi connectivity index (χ4v) is 5.97. The molecule has 12 nitrogen and oxygen atoms in total. The van der Waals surface area contributed by atoms with E-state index in [1.54, 1.807) is 20.4 Å². The van der Waals surface area contributed by atoms with Crippen molar-refractivity contribution in [3.8, 4) is 11.5 Å². The van der Waals surface area contributed by atoms with Crippen molar-refractivity contribution in [1.82, 2.24) is 20.3 Å². The molecule has 0 spiro atoms. The number of rotatable bonds is 18. The number of aliphatic carboxylic acids is 2. The molecule has 1 amide bonds. The van der Waals surface area contributed by atoms with Crippen LogP contribution in [0.1, 0.15) is 94.9 Å². The Bertz CT molecular complexity index is 1460. The molecule has 0 bridgehead atoms. The fraction of sp³-hybridized carbons (Fsp3) is 0.559. The van der Waals surface area contributed by atoms with E-state index >= 15 is 0 Å². The van der Waals surface area contributed by atoms with Gasteiger partial charge in [0.2, 0.25) is 5.91 Å². The first-order valence-corrected chi connectivity index (χ1v) is 18.1. The maximum atomic E-state index is 12.7. The van der Waals surface area contributed by atoms with Gasteiger partial charge in [-0.2, -0.15) is 12.6 Å². The van der Waals surface area contributed by atoms with Crippen LogP contribution in [0.3, 0.4) is 0 Å². The Labute approximate surface area is 291 Å². The Morgan fingerprint density at radius 1 is 1.00 bits per heavy atom. The topological polar surface area (TPSA) is 181 Å². The second-order valence-electron chi connectivity index (χ2n) is 11.2. The van der Waals surface area contributed by atoms with Crippen molar-refractivity contribution in [3.05, 3.63) is 41.2 Å². The molecule has 0 saturated carbocycles. The van der Waals surface area contributed by atoms with E-state index in [-0.39, 0.29) is 17.4 Å². The Morgan fingerprint density at radius 2 is 1.62 bits per heavy atom. The van der Waals surface area contributed by atoms with Crippen LogP contribution in [0.25, 0.3) is 11.0 Å². The molecule has 4 N–H and O–H groups in total. The molecule has 0 radical (unpaired) electrons. The quantitative estimate of drug-likeness (QED) is 0.0733. The zero-order chi connectivity index (χ0) is 36.1. The number of benzene rings is 1. The summed E-state index contributed by atoms with van der Waals surface area (Å²) in [6.45, 7) is 7.35. The van der Waals surface area contributed by atoms with Crippen molar-refractivity contribution in [3.63, 3.8) is 0 Å². The number of hydrogen-bond acceptors (Lipinski definition) is 9. The van der Waals surface area contributed by atoms with Gasteiger partial charge in [-0.15, -0.1) is 0 Å². The number of aromatic nitrogens is 3. The van der Waals surface area contributed by atoms with Crippen molar-refractivity contribution < 1.29 is 38.3 Å². The lowest BCUT2D eigenvalue weighted by atomic mass is 10.1. The van der Waals surface area contributed by atoms with Crippen molar-refractivity contribution >= 4 is 52.3 Å². The summed E-state index contributed by atoms with van der Waals surface area (Å²) in [6, 6.07) is 4.62. The highest BCUT2D eigenvalue weighted by molar-refractivity contribution is 7.84. The van der Waals surface area contributed by atoms with Crippen LogP contribution >= 0.6 is 12.6 Å². The number of nitrogens with zero attached hydrogens (tertiary/aromatic N) is 2. The number of amides is 1. The molecule has 268 valence electrons. The van der Waals surface area contributed by atoms with Gasteiger partial charge in [0.05, 0.1) is 47.5 Å². The van der Waals surface area contributed by atoms with E-state index in [9.17, 15) is 18.6 Å². The van der Waals surface area contributed by atoms with Crippen molar-refractivity contribution in [1.29, 1.82) is 0 Å². The number of carboxylic acid groups (broad SMARTS) is 2. The minimum Gasteiger partial charge on any atom is -0.497 e. The summed E-state index contributed by atoms with van der Waals surface area (Å²) < 4.78 is 23.3. The highest BCUT2D eigenvalue weighted by atomic mass is 32.2. The molecular weight excluding hydrogens is 657 g/mol. The van der Waals surface area contributed by atoms with E-state index in [0.717, 1.165) is 52.2 Å². The van der Waals surface area contributed by atoms with Crippen LogP contribution in [0.4, 0.5) is 0 Å². The normalized spacial score (nSPS) is 11.7. The number of carbonyl (C=O) groups is 3. The third-order valence-electron chi connectivity index (χ3n) is 7.25. The highest BCUT2D eigenvalue weighted by Crippen LogP contribution is 2.26. The molecule has 48 heavy (non-hydrogen) atoms. The van der Waals surface area contributed by atoms with E-state index in [1.165, 1.54) is 51.9 Å². The average molecular weight is 709 g/mol. The van der Waals surface area contributed by atoms with Crippen LogP contribution in [0.15, 0.2) is 29.6 Å². The number of imidazole rings is 1. The summed E-state index contributed by atoms with van der Waals surface area (Å²) in [5.74, 6) is -0.191. The molecule has 0 aliphatic rings. The van der Waals surface area contributed by atoms with Crippen LogP contribution < -0.4 is 14.8 Å². The van der Waals surface area contributed by atoms with Gasteiger partial charge in [-0.05, 0) is 32.4 Å². The third-order valence-corrected chi connectivity index (χ3v) is 8.78. The Kier molecular flexibility index (Phi) is 20.9. The second-order valence-corrected chi connectivity index (χ2v) is 12.9. The number of ether oxygens (including phenoxy) is 2. The molecule has 0 aliphatic carbocycles. The Morgan fingerprint density at radius 3 is 2.12 bits per heavy atom. The number of carbonyl (C=O) groups excluding carboxylic acids is 1. The SMILES string of the molecule is CC(=O)N[C@@H](CS)C(=O)O.CCCCCCCCCCCC(=O)O.COc1ccc2nc(S(=O)Cc3ncc(C)c(OC)c3C)[nH]c2c1. The number of aromatic amines is 1. The lowest BCUT2D eigenvalue weighted by Crippen LogP contribution is -2.40. The van der Waals surface area contributed by atoms with Crippen LogP contribution in [0.5, 0.6) is 11.5 Å². The summed E-state index contributed by atoms with van der Waals surface area (Å²) in [4.78, 5) is 42.6. The van der Waals surface area contributed by atoms with E-state index in [4.69, 9.17) is 19.7 Å². The molecule has 1 unspecified atom stereocenters. The van der Waals surface area contributed by atoms with Gasteiger partial charge in [-0.1, -0.05) is 58.3 Å². The van der Waals surface area contributed by atoms with E-state index in [1.807, 2.05) is 32.0 Å². The number of nitrogens with one attached hydrogen (secondary N) is 2. The number of fused-ring (bicyclic) bond motifs is 1. The maximum absolute atomic E-state index is 12.7. The number of H-pyrrole nitrogens is 1. The smallest absolute Gasteiger partial charge is 0.327 e. The third kappa shape index (κ3) is 16.0. The minimum atomic E-state index is -1.33. The van der Waals surface area contributed by atoms with Gasteiger partial charge in [0.1, 0.15) is 17.5 Å². The lowest BCUT2D eigenvalue weighted by molar-refractivity contribution is -0.140. The average Bonchev–Trinajstić information content (AvgIpc) is 3.48. The van der Waals surface area contributed by atoms with E-state index < -0.39 is 28.8 Å². The summed E-state index contributed by atoms with van der Waals surface area (Å²) in [6.07, 6.45) is 13.2. The number of unbranched alkanes of at least 4 members (excludes halogenated alkanes) is 8. The highest BCUT2D eigenvalue weighted by Gasteiger charge is 2.17. The molecule has 2 heterocycles. The van der Waals surface area contributed by atoms with E-state index in [0.29, 0.717) is 11.6 Å². The van der Waals surface area contributed by atoms with Gasteiger partial charge in [0.25, 0.3) is 0 Å². The number of thiol groups is 1. The van der Waals surface area contributed by atoms with Crippen molar-refractivity contribution in [2.75, 3.05) is 20.0 Å². The van der Waals surface area contributed by atoms with Crippen LogP contribution in [-0.4, -0.2) is 73.2 Å². The molecule has 14 heteroatoms. The molecule has 3 rings (SSSR count). The number of aryl methyl sites for hydroxylation is 1. The standard InChI is InChI=1S/C17H19N3O3S.C12H24O2.C5H9NO3S/c1-10-8-18-15(11(2)16(10)23-4)9-24(21)17-19-13-6-5-12(22-3)7-14(13)20-17;1-2-3-4-5-6-7-8-9-10-11-12(13)14;1-3(7)6-4(2-10)5(8)9/h5-8H,9H2,1-4H3,(H,19,20);2-11H2,1H3,(H,13,14);4,10H,2H2,1H3,(H,6,7)(H,8,9)/t;;4-/m..0/s1. The number of pyridine rings is 1. The lowest BCUT2D eigenvalue weighted by Gasteiger charge is -2.11. The van der Waals surface area contributed by atoms with Gasteiger partial charge in [-0.3, -0.25) is 18.8 Å². The fourth-order valence-electron chi connectivity index (χ4n) is 4.63. The molecule has 2 aromatic heterocycles. The van der Waals surface area contributed by atoms with Crippen LogP contribution in [-0.2, 0) is 30.9 Å². The Hall–Kier alpha value is -3.65. The first-order valence-electron chi connectivity index (χ1n) is 16.1. The minimum absolute atomic E-state index is 0.106. The number of methoxy groups -OCH3 is 2. The van der Waals surface area contributed by atoms with Gasteiger partial charge in [0.15, 0.2) is 5.16 Å². The van der Waals surface area contributed by atoms with Crippen molar-refractivity contribution in [2.24, 2.45) is 0 Å². The second kappa shape index (κ2) is 23.6. The molecule has 0 saturated heterocycles. The molecule has 0 aliphatic heterocycles. The van der Waals surface area contributed by atoms with Crippen LogP contribution in [0.2, 0.25) is 0 Å². The Balaban J connectivity index is 0.000000409. The van der Waals surface area contributed by atoms with Gasteiger partial charge < -0.3 is 30.0 Å². The summed E-state index contributed by atoms with van der Waals surface area (Å²) in [5.41, 5.74) is 4.16. The molecule has 2 atom stereocenters. The summed E-state index contributed by atoms with van der Waals surface area (Å²) in [5, 5.41) is 19.4. The first-order chi connectivity index (χ1) is 22.9. The predicted molar refractivity (Wildman–Crippen MR) is 192 cm³/mol. The van der Waals surface area contributed by atoms with Crippen LogP contribution in [0, 0.1) is 13.8 Å². The van der Waals surface area contributed by atoms with Gasteiger partial charge in [0, 0.05) is 42.5 Å². The maximum Gasteiger partial charge on any atom is 0.327 e. The van der Waals surface area contributed by atoms with E-state index in [2.05, 4.69) is 39.8 Å². The first kappa shape index (κ1) is 42.4. The monoisotopic (exact) mass is 708 g/mol. The van der Waals surface area contributed by atoms with Gasteiger partial charge >= 0.3 is 11.9 Å². The van der Waals surface area contributed by atoms with Gasteiger partial charge in [-0.25, -0.2) is 9.78 Å². The number of hydrogen-bond donors (Lipinski definition) is 5. The zero-order valence-corrected chi connectivity index (χ0v) is 30.7. The largest absolute Gasteiger partial charge is 0.497 e. The summed E-state index contributed by atoms with van der Waals surface area (Å²) in [7, 11) is 1.91. The molecular formula is C34H52N4O8S2. The number of carboxylic acids is 2.